The Morgan fingerprint density at radius 1 is 0.600 bits per heavy atom. The second kappa shape index (κ2) is 11.4. The number of carbonyl (C=O) groups excluding carboxylic acids is 4. The van der Waals surface area contributed by atoms with Gasteiger partial charge in [0, 0.05) is 48.8 Å². The molecule has 0 fully saturated rings. The maximum absolute atomic E-state index is 8.46. The van der Waals surface area contributed by atoms with Crippen LogP contribution in [0.25, 0.3) is 0 Å². The summed E-state index contributed by atoms with van der Waals surface area (Å²) in [6, 6.07) is 0. The summed E-state index contributed by atoms with van der Waals surface area (Å²) in [5.74, 6) is 1.00. The van der Waals surface area contributed by atoms with Crippen LogP contribution in [-0.2, 0) is 21.1 Å². The zero-order valence-corrected chi connectivity index (χ0v) is 11.6. The summed E-state index contributed by atoms with van der Waals surface area (Å²) in [7, 11) is 0. The molecule has 0 aliphatic heterocycles. The summed E-state index contributed by atoms with van der Waals surface area (Å²) in [5.41, 5.74) is 0. The predicted octanol–water partition coefficient (Wildman–Crippen LogP) is 1.01. The number of ketones is 4. The molecule has 0 amide bonds. The van der Waals surface area contributed by atoms with E-state index in [9.17, 15) is 0 Å². The fraction of sp³-hybridized carbons (Fsp3) is 0.600. The SMILES string of the molecule is CC(=[OH+])CC(C)=[OH+].CC(=[OH+])CC(C)=[OH+].[Mo]. The molecule has 0 rings (SSSR count). The molecule has 4 nitrogen and oxygen atoms in total. The molecule has 0 aliphatic carbocycles. The predicted molar refractivity (Wildman–Crippen MR) is 59.7 cm³/mol. The average molecular weight is 300 g/mol. The van der Waals surface area contributed by atoms with Crippen molar-refractivity contribution in [3.8, 4) is 0 Å². The summed E-state index contributed by atoms with van der Waals surface area (Å²) in [5, 5.41) is 0. The largest absolute Gasteiger partial charge is 0.302 e. The first-order valence-corrected chi connectivity index (χ1v) is 4.31. The molecule has 0 bridgehead atoms. The number of hydrogen-bond donors (Lipinski definition) is 0. The Labute approximate surface area is 104 Å². The van der Waals surface area contributed by atoms with Gasteiger partial charge in [-0.15, -0.1) is 0 Å². The van der Waals surface area contributed by atoms with Crippen LogP contribution in [0.4, 0.5) is 0 Å². The van der Waals surface area contributed by atoms with Gasteiger partial charge in [-0.1, -0.05) is 0 Å². The van der Waals surface area contributed by atoms with Crippen LogP contribution in [0.5, 0.6) is 0 Å². The third kappa shape index (κ3) is 31.8. The van der Waals surface area contributed by atoms with E-state index in [0.29, 0.717) is 12.8 Å². The van der Waals surface area contributed by atoms with Gasteiger partial charge in [-0.3, -0.25) is 19.2 Å². The van der Waals surface area contributed by atoms with E-state index in [0.717, 1.165) is 0 Å². The molecule has 0 heterocycles. The van der Waals surface area contributed by atoms with E-state index in [1.807, 2.05) is 0 Å². The molecule has 0 radical (unpaired) electrons. The van der Waals surface area contributed by atoms with Crippen LogP contribution in [0.3, 0.4) is 0 Å². The molecule has 4 N–H and O–H groups in total. The van der Waals surface area contributed by atoms with Gasteiger partial charge < -0.3 is 0 Å². The molecule has 0 atom stereocenters. The van der Waals surface area contributed by atoms with Crippen molar-refractivity contribution < 1.29 is 40.2 Å². The molecule has 0 unspecified atom stereocenters. The monoisotopic (exact) mass is 302 g/mol. The van der Waals surface area contributed by atoms with Gasteiger partial charge in [-0.2, -0.15) is 0 Å². The van der Waals surface area contributed by atoms with Crippen molar-refractivity contribution in [2.24, 2.45) is 0 Å². The molecule has 5 heteroatoms. The van der Waals surface area contributed by atoms with Crippen molar-refractivity contribution in [3.05, 3.63) is 0 Å². The molecule has 0 aliphatic rings. The number of hydrogen-bond acceptors (Lipinski definition) is 0. The quantitative estimate of drug-likeness (QED) is 0.421. The van der Waals surface area contributed by atoms with Crippen LogP contribution >= 0.6 is 0 Å². The Morgan fingerprint density at radius 2 is 0.733 bits per heavy atom. The standard InChI is InChI=1S/2C5H8O2.Mo/c2*1-4(6)3-5(2)7;/h2*3H2,1-2H3;/p+4. The van der Waals surface area contributed by atoms with Crippen LogP contribution in [0.15, 0.2) is 0 Å². The zero-order chi connectivity index (χ0) is 11.7. The molecule has 0 aromatic carbocycles. The van der Waals surface area contributed by atoms with E-state index in [1.165, 1.54) is 0 Å². The van der Waals surface area contributed by atoms with Crippen LogP contribution in [0.2, 0.25) is 0 Å². The van der Waals surface area contributed by atoms with E-state index >= 15 is 0 Å². The first kappa shape index (κ1) is 19.9. The summed E-state index contributed by atoms with van der Waals surface area (Å²) in [6.45, 7) is 6.22. The van der Waals surface area contributed by atoms with Gasteiger partial charge in [-0.05, 0) is 0 Å². The first-order chi connectivity index (χ1) is 6.25. The summed E-state index contributed by atoms with van der Waals surface area (Å²) in [4.78, 5) is 33.8. The summed E-state index contributed by atoms with van der Waals surface area (Å²) >= 11 is 0. The second-order valence-corrected chi connectivity index (χ2v) is 3.29. The minimum atomic E-state index is 0. The van der Waals surface area contributed by atoms with Crippen LogP contribution in [0.1, 0.15) is 40.5 Å². The molecule has 0 saturated carbocycles. The van der Waals surface area contributed by atoms with Gasteiger partial charge in [0.15, 0.2) is 12.8 Å². The second-order valence-electron chi connectivity index (χ2n) is 3.29. The molecule has 0 spiro atoms. The van der Waals surface area contributed by atoms with Crippen molar-refractivity contribution in [2.75, 3.05) is 0 Å². The smallest absolute Gasteiger partial charge is 0.283 e. The van der Waals surface area contributed by atoms with E-state index in [1.54, 1.807) is 27.7 Å². The van der Waals surface area contributed by atoms with Gasteiger partial charge >= 0.3 is 23.1 Å². The van der Waals surface area contributed by atoms with E-state index in [-0.39, 0.29) is 44.2 Å². The number of rotatable bonds is 4. The van der Waals surface area contributed by atoms with Crippen LogP contribution < -0.4 is 0 Å². The Hall–Kier alpha value is -0.632. The van der Waals surface area contributed by atoms with Crippen LogP contribution in [-0.4, -0.2) is 42.3 Å². The van der Waals surface area contributed by atoms with Crippen molar-refractivity contribution in [2.45, 2.75) is 40.5 Å². The Balaban J connectivity index is -0.000000180. The third-order valence-corrected chi connectivity index (χ3v) is 1.02. The topological polar surface area (TPSA) is 85.6 Å². The Bertz CT molecular complexity index is 196. The molecular weight excluding hydrogens is 280 g/mol. The van der Waals surface area contributed by atoms with Crippen LogP contribution in [0, 0.1) is 0 Å². The Morgan fingerprint density at radius 3 is 0.733 bits per heavy atom. The Kier molecular flexibility index (Phi) is 15.2. The molecule has 0 aromatic heterocycles. The average Bonchev–Trinajstić information content (AvgIpc) is 1.79. The maximum atomic E-state index is 8.46. The first-order valence-electron chi connectivity index (χ1n) is 4.31. The minimum absolute atomic E-state index is 0. The minimum Gasteiger partial charge on any atom is -0.283 e. The normalized spacial score (nSPS) is 7.73. The maximum Gasteiger partial charge on any atom is 0.302 e. The summed E-state index contributed by atoms with van der Waals surface area (Å²) < 4.78 is 0. The van der Waals surface area contributed by atoms with Crippen molar-refractivity contribution in [3.63, 3.8) is 0 Å². The van der Waals surface area contributed by atoms with Gasteiger partial charge in [-0.25, -0.2) is 0 Å². The summed E-state index contributed by atoms with van der Waals surface area (Å²) in [6.07, 6.45) is 0.611. The molecule has 0 saturated heterocycles. The van der Waals surface area contributed by atoms with Crippen molar-refractivity contribution in [1.29, 1.82) is 0 Å². The molecular formula is C10H20MoO4+4. The van der Waals surface area contributed by atoms with E-state index in [2.05, 4.69) is 0 Å². The van der Waals surface area contributed by atoms with E-state index < -0.39 is 0 Å². The third-order valence-electron chi connectivity index (χ3n) is 1.02. The van der Waals surface area contributed by atoms with E-state index in [4.69, 9.17) is 19.2 Å². The molecule has 0 aromatic rings. The zero-order valence-electron chi connectivity index (χ0n) is 9.61. The molecule has 86 valence electrons. The van der Waals surface area contributed by atoms with Gasteiger partial charge in [0.25, 0.3) is 0 Å². The van der Waals surface area contributed by atoms with Gasteiger partial charge in [0.05, 0.1) is 0 Å². The van der Waals surface area contributed by atoms with Crippen molar-refractivity contribution in [1.82, 2.24) is 0 Å². The van der Waals surface area contributed by atoms with Crippen molar-refractivity contribution >= 4 is 23.1 Å². The molecule has 15 heavy (non-hydrogen) atoms. The van der Waals surface area contributed by atoms with Gasteiger partial charge in [0.2, 0.25) is 0 Å². The van der Waals surface area contributed by atoms with Gasteiger partial charge in [0.1, 0.15) is 0 Å². The fourth-order valence-electron chi connectivity index (χ4n) is 0.740. The fourth-order valence-corrected chi connectivity index (χ4v) is 0.740.